The Hall–Kier alpha value is -2.90. The van der Waals surface area contributed by atoms with Gasteiger partial charge >= 0.3 is 0 Å². The number of hydrogen-bond acceptors (Lipinski definition) is 4. The van der Waals surface area contributed by atoms with E-state index in [9.17, 15) is 9.59 Å². The van der Waals surface area contributed by atoms with Crippen molar-refractivity contribution in [1.29, 1.82) is 0 Å². The summed E-state index contributed by atoms with van der Waals surface area (Å²) in [4.78, 5) is 28.9. The number of nitrogens with one attached hydrogen (secondary N) is 1. The maximum absolute atomic E-state index is 14.0. The molecule has 0 saturated heterocycles. The third kappa shape index (κ3) is 3.09. The van der Waals surface area contributed by atoms with Gasteiger partial charge in [0.2, 0.25) is 11.8 Å². The first-order valence-electron chi connectivity index (χ1n) is 11.0. The van der Waals surface area contributed by atoms with Gasteiger partial charge in [-0.3, -0.25) is 9.59 Å². The minimum atomic E-state index is -1.23. The first kappa shape index (κ1) is 20.7. The molecular weight excluding hydrogens is 461 g/mol. The first-order chi connectivity index (χ1) is 15.9. The molecule has 2 aromatic carbocycles. The third-order valence-electron chi connectivity index (χ3n) is 6.96. The topological polar surface area (TPSA) is 80.1 Å². The predicted molar refractivity (Wildman–Crippen MR) is 126 cm³/mol. The molecule has 6 rings (SSSR count). The van der Waals surface area contributed by atoms with Crippen molar-refractivity contribution in [3.63, 3.8) is 0 Å². The summed E-state index contributed by atoms with van der Waals surface area (Å²) >= 11 is 12.4. The molecule has 0 bridgehead atoms. The van der Waals surface area contributed by atoms with Crippen LogP contribution in [0.4, 0.5) is 11.5 Å². The van der Waals surface area contributed by atoms with Crippen molar-refractivity contribution in [2.75, 3.05) is 16.8 Å². The van der Waals surface area contributed by atoms with Gasteiger partial charge in [0.1, 0.15) is 11.1 Å². The Morgan fingerprint density at radius 3 is 2.58 bits per heavy atom. The molecule has 1 aliphatic carbocycles. The molecule has 168 valence electrons. The number of carbonyl (C=O) groups excluding carboxylic acids is 2. The molecule has 1 spiro atoms. The van der Waals surface area contributed by atoms with E-state index in [-0.39, 0.29) is 24.3 Å². The van der Waals surface area contributed by atoms with E-state index in [1.807, 2.05) is 42.2 Å². The largest absolute Gasteiger partial charge is 0.311 e. The quantitative estimate of drug-likeness (QED) is 0.591. The van der Waals surface area contributed by atoms with Crippen molar-refractivity contribution in [2.45, 2.75) is 37.6 Å². The number of halogens is 2. The summed E-state index contributed by atoms with van der Waals surface area (Å²) < 4.78 is 1.67. The molecule has 1 N–H and O–H groups in total. The molecule has 1 saturated carbocycles. The summed E-state index contributed by atoms with van der Waals surface area (Å²) in [5, 5.41) is 13.0. The molecule has 3 heterocycles. The van der Waals surface area contributed by atoms with Crippen LogP contribution in [0.15, 0.2) is 42.5 Å². The van der Waals surface area contributed by atoms with Crippen LogP contribution >= 0.6 is 23.2 Å². The molecule has 7 nitrogen and oxygen atoms in total. The number of amides is 2. The van der Waals surface area contributed by atoms with Gasteiger partial charge in [-0.1, -0.05) is 40.5 Å². The molecule has 2 atom stereocenters. The lowest BCUT2D eigenvalue weighted by atomic mass is 9.73. The summed E-state index contributed by atoms with van der Waals surface area (Å²) in [6, 6.07) is 12.7. The zero-order valence-electron chi connectivity index (χ0n) is 17.9. The highest BCUT2D eigenvalue weighted by molar-refractivity contribution is 6.31. The lowest BCUT2D eigenvalue weighted by molar-refractivity contribution is -0.126. The average Bonchev–Trinajstić information content (AvgIpc) is 3.48. The predicted octanol–water partition coefficient (Wildman–Crippen LogP) is 4.58. The molecule has 0 unspecified atom stereocenters. The standard InChI is InChI=1S/C24H21Cl2N5O2/c1-13(15-4-6-16(25)7-5-15)31-22-21(28-29-31)24(11-20(32)27-22)18-10-17(26)8-9-19(18)30(23(24)33)12-14-2-3-14/h4-10,13-14H,2-3,11-12H2,1H3,(H,27,32)/t13-,24+/m0/s1. The normalized spacial score (nSPS) is 22.3. The fraction of sp³-hybridized carbons (Fsp3) is 0.333. The Morgan fingerprint density at radius 1 is 1.12 bits per heavy atom. The van der Waals surface area contributed by atoms with E-state index in [1.54, 1.807) is 16.8 Å². The summed E-state index contributed by atoms with van der Waals surface area (Å²) in [6.07, 6.45) is 2.20. The molecule has 3 aliphatic rings. The fourth-order valence-electron chi connectivity index (χ4n) is 5.03. The molecule has 9 heteroatoms. The second-order valence-corrected chi connectivity index (χ2v) is 9.98. The summed E-state index contributed by atoms with van der Waals surface area (Å²) in [5.74, 6) is 0.558. The van der Waals surface area contributed by atoms with Crippen molar-refractivity contribution in [3.05, 3.63) is 69.3 Å². The number of anilines is 2. The van der Waals surface area contributed by atoms with Crippen LogP contribution in [-0.2, 0) is 15.0 Å². The summed E-state index contributed by atoms with van der Waals surface area (Å²) in [6.45, 7) is 2.60. The minimum absolute atomic E-state index is 0.0264. The highest BCUT2D eigenvalue weighted by Gasteiger charge is 2.59. The number of fused-ring (bicyclic) bond motifs is 4. The highest BCUT2D eigenvalue weighted by atomic mass is 35.5. The van der Waals surface area contributed by atoms with E-state index in [2.05, 4.69) is 15.6 Å². The molecule has 2 aliphatic heterocycles. The van der Waals surface area contributed by atoms with Crippen LogP contribution in [0.3, 0.4) is 0 Å². The van der Waals surface area contributed by atoms with Crippen molar-refractivity contribution in [1.82, 2.24) is 15.0 Å². The Balaban J connectivity index is 1.51. The average molecular weight is 482 g/mol. The van der Waals surface area contributed by atoms with Gasteiger partial charge in [-0.25, -0.2) is 4.68 Å². The van der Waals surface area contributed by atoms with Gasteiger partial charge in [-0.05, 0) is 67.1 Å². The van der Waals surface area contributed by atoms with Gasteiger partial charge in [0, 0.05) is 22.3 Å². The second-order valence-electron chi connectivity index (χ2n) is 9.11. The maximum Gasteiger partial charge on any atom is 0.244 e. The van der Waals surface area contributed by atoms with Gasteiger partial charge in [-0.2, -0.15) is 0 Å². The minimum Gasteiger partial charge on any atom is -0.311 e. The second kappa shape index (κ2) is 7.30. The zero-order valence-corrected chi connectivity index (χ0v) is 19.4. The molecular formula is C24H21Cl2N5O2. The van der Waals surface area contributed by atoms with Crippen molar-refractivity contribution < 1.29 is 9.59 Å². The molecule has 1 fully saturated rings. The molecule has 1 aromatic heterocycles. The molecule has 3 aromatic rings. The van der Waals surface area contributed by atoms with E-state index in [4.69, 9.17) is 23.2 Å². The number of carbonyl (C=O) groups is 2. The van der Waals surface area contributed by atoms with E-state index >= 15 is 0 Å². The number of hydrogen-bond donors (Lipinski definition) is 1. The van der Waals surface area contributed by atoms with Crippen LogP contribution in [0, 0.1) is 5.92 Å². The van der Waals surface area contributed by atoms with Crippen LogP contribution < -0.4 is 10.2 Å². The SMILES string of the molecule is C[C@@H](c1ccc(Cl)cc1)n1nnc2c1NC(=O)C[C@]21C(=O)N(CC2CC2)c2ccc(Cl)cc21. The van der Waals surface area contributed by atoms with Gasteiger partial charge < -0.3 is 10.2 Å². The lowest BCUT2D eigenvalue weighted by Gasteiger charge is -2.31. The van der Waals surface area contributed by atoms with E-state index in [0.717, 1.165) is 29.7 Å². The smallest absolute Gasteiger partial charge is 0.244 e. The van der Waals surface area contributed by atoms with Crippen molar-refractivity contribution in [3.8, 4) is 0 Å². The summed E-state index contributed by atoms with van der Waals surface area (Å²) in [7, 11) is 0. The number of benzene rings is 2. The van der Waals surface area contributed by atoms with Gasteiger partial charge in [0.05, 0.1) is 12.5 Å². The van der Waals surface area contributed by atoms with Crippen LogP contribution in [0.25, 0.3) is 0 Å². The van der Waals surface area contributed by atoms with Crippen LogP contribution in [-0.4, -0.2) is 33.4 Å². The Kier molecular flexibility index (Phi) is 4.58. The number of aromatic nitrogens is 3. The Bertz CT molecular complexity index is 1300. The Labute approximate surface area is 200 Å². The third-order valence-corrected chi connectivity index (χ3v) is 7.45. The van der Waals surface area contributed by atoms with Crippen LogP contribution in [0.1, 0.15) is 49.0 Å². The monoisotopic (exact) mass is 481 g/mol. The van der Waals surface area contributed by atoms with Crippen LogP contribution in [0.2, 0.25) is 10.0 Å². The van der Waals surface area contributed by atoms with Gasteiger partial charge in [0.25, 0.3) is 0 Å². The fourth-order valence-corrected chi connectivity index (χ4v) is 5.33. The maximum atomic E-state index is 14.0. The first-order valence-corrected chi connectivity index (χ1v) is 11.8. The Morgan fingerprint density at radius 2 is 1.85 bits per heavy atom. The number of nitrogens with zero attached hydrogens (tertiary/aromatic N) is 4. The van der Waals surface area contributed by atoms with E-state index in [0.29, 0.717) is 34.0 Å². The van der Waals surface area contributed by atoms with Crippen molar-refractivity contribution in [2.24, 2.45) is 5.92 Å². The van der Waals surface area contributed by atoms with Gasteiger partial charge in [-0.15, -0.1) is 5.10 Å². The zero-order chi connectivity index (χ0) is 22.9. The van der Waals surface area contributed by atoms with E-state index in [1.165, 1.54) is 0 Å². The van der Waals surface area contributed by atoms with Crippen molar-refractivity contribution >= 4 is 46.5 Å². The molecule has 2 amide bonds. The highest BCUT2D eigenvalue weighted by Crippen LogP contribution is 2.53. The van der Waals surface area contributed by atoms with Crippen LogP contribution in [0.5, 0.6) is 0 Å². The summed E-state index contributed by atoms with van der Waals surface area (Å²) in [5.41, 5.74) is 1.72. The number of rotatable bonds is 4. The van der Waals surface area contributed by atoms with Gasteiger partial charge in [0.15, 0.2) is 5.82 Å². The molecule has 33 heavy (non-hydrogen) atoms. The lowest BCUT2D eigenvalue weighted by Crippen LogP contribution is -2.47. The molecule has 0 radical (unpaired) electrons. The van der Waals surface area contributed by atoms with E-state index < -0.39 is 5.41 Å².